The number of nitrogens with zero attached hydrogens (tertiary/aromatic N) is 8. The van der Waals surface area contributed by atoms with E-state index in [4.69, 9.17) is 0 Å². The van der Waals surface area contributed by atoms with E-state index in [0.717, 1.165) is 32.4 Å². The zero-order valence-corrected chi connectivity index (χ0v) is 26.5. The fourth-order valence-corrected chi connectivity index (χ4v) is 6.78. The summed E-state index contributed by atoms with van der Waals surface area (Å²) in [4.78, 5) is 22.1. The van der Waals surface area contributed by atoms with Crippen LogP contribution < -0.4 is 10.2 Å². The van der Waals surface area contributed by atoms with Gasteiger partial charge in [0.1, 0.15) is 18.0 Å². The Bertz CT molecular complexity index is 2020. The van der Waals surface area contributed by atoms with Gasteiger partial charge >= 0.3 is 6.18 Å². The Morgan fingerprint density at radius 1 is 1.06 bits per heavy atom. The van der Waals surface area contributed by atoms with Gasteiger partial charge in [-0.05, 0) is 103 Å². The highest BCUT2D eigenvalue weighted by molar-refractivity contribution is 6.10. The molecule has 4 heterocycles. The van der Waals surface area contributed by atoms with E-state index in [1.165, 1.54) is 11.0 Å². The summed E-state index contributed by atoms with van der Waals surface area (Å²) in [5.74, 6) is 0.0399. The van der Waals surface area contributed by atoms with Crippen LogP contribution in [0.25, 0.3) is 22.5 Å². The number of carbonyl (C=O) groups is 1. The lowest BCUT2D eigenvalue weighted by atomic mass is 9.97. The summed E-state index contributed by atoms with van der Waals surface area (Å²) < 4.78 is 45.3. The lowest BCUT2D eigenvalue weighted by molar-refractivity contribution is -0.138. The van der Waals surface area contributed by atoms with Gasteiger partial charge in [-0.2, -0.15) is 23.7 Å². The molecular formula is C35H32F3N9O. The number of rotatable bonds is 8. The average molecular weight is 652 g/mol. The largest absolute Gasteiger partial charge is 0.416 e. The highest BCUT2D eigenvalue weighted by atomic mass is 19.4. The molecule has 2 fully saturated rings. The van der Waals surface area contributed by atoms with Crippen LogP contribution in [-0.2, 0) is 26.3 Å². The van der Waals surface area contributed by atoms with Crippen LogP contribution >= 0.6 is 0 Å². The Hall–Kier alpha value is -5.27. The second-order valence-electron chi connectivity index (χ2n) is 13.2. The minimum atomic E-state index is -4.66. The number of anilines is 2. The minimum absolute atomic E-state index is 0.0197. The molecule has 1 saturated carbocycles. The molecule has 10 nitrogen and oxygen atoms in total. The van der Waals surface area contributed by atoms with Crippen molar-refractivity contribution in [1.82, 2.24) is 24.6 Å². The van der Waals surface area contributed by atoms with E-state index in [1.807, 2.05) is 0 Å². The first-order valence-electron chi connectivity index (χ1n) is 15.8. The van der Waals surface area contributed by atoms with Crippen LogP contribution in [0.3, 0.4) is 0 Å². The molecule has 244 valence electrons. The SMILES string of the molecule is CC(C#N)CNc1cc(-c2cc(C#N)ccc2-c2nncn2C)cc(N2Cc3c(cc(CN4CCC5(CC5)C4)cc3C(F)(F)F)C2=O)n1. The van der Waals surface area contributed by atoms with Crippen molar-refractivity contribution in [3.8, 4) is 34.7 Å². The van der Waals surface area contributed by atoms with Crippen molar-refractivity contribution >= 4 is 17.5 Å². The van der Waals surface area contributed by atoms with Gasteiger partial charge < -0.3 is 9.88 Å². The fourth-order valence-electron chi connectivity index (χ4n) is 6.78. The Labute approximate surface area is 275 Å². The molecular weight excluding hydrogens is 619 g/mol. The van der Waals surface area contributed by atoms with E-state index < -0.39 is 17.6 Å². The summed E-state index contributed by atoms with van der Waals surface area (Å²) in [6.07, 6.45) is 0.267. The number of hydrogen-bond acceptors (Lipinski definition) is 8. The van der Waals surface area contributed by atoms with E-state index in [2.05, 4.69) is 37.5 Å². The molecule has 0 radical (unpaired) electrons. The van der Waals surface area contributed by atoms with E-state index in [-0.39, 0.29) is 36.0 Å². The summed E-state index contributed by atoms with van der Waals surface area (Å²) in [5.41, 5.74) is 2.08. The number of fused-ring (bicyclic) bond motifs is 1. The Kier molecular flexibility index (Phi) is 7.68. The van der Waals surface area contributed by atoms with Crippen LogP contribution in [-0.4, -0.2) is 50.2 Å². The molecule has 1 atom stereocenters. The van der Waals surface area contributed by atoms with E-state index >= 15 is 0 Å². The average Bonchev–Trinajstić information content (AvgIpc) is 3.33. The van der Waals surface area contributed by atoms with Crippen molar-refractivity contribution in [3.05, 3.63) is 76.6 Å². The summed E-state index contributed by atoms with van der Waals surface area (Å²) in [6, 6.07) is 15.5. The maximum atomic E-state index is 14.5. The molecule has 1 amide bonds. The number of pyridine rings is 1. The molecule has 4 aromatic rings. The van der Waals surface area contributed by atoms with Gasteiger partial charge in [0.2, 0.25) is 0 Å². The van der Waals surface area contributed by atoms with Gasteiger partial charge in [-0.1, -0.05) is 0 Å². The molecule has 2 aromatic carbocycles. The van der Waals surface area contributed by atoms with Gasteiger partial charge in [0.25, 0.3) is 5.91 Å². The number of nitrogens with one attached hydrogen (secondary N) is 1. The van der Waals surface area contributed by atoms with Gasteiger partial charge in [0.15, 0.2) is 5.82 Å². The summed E-state index contributed by atoms with van der Waals surface area (Å²) in [6.45, 7) is 3.72. The van der Waals surface area contributed by atoms with Gasteiger partial charge in [0.05, 0.1) is 35.7 Å². The number of carbonyl (C=O) groups excluding carboxylic acids is 1. The smallest absolute Gasteiger partial charge is 0.369 e. The molecule has 3 aliphatic rings. The number of benzene rings is 2. The molecule has 2 aliphatic heterocycles. The maximum absolute atomic E-state index is 14.5. The Balaban J connectivity index is 1.30. The number of hydrogen-bond donors (Lipinski definition) is 1. The van der Waals surface area contributed by atoms with Crippen LogP contribution in [0.4, 0.5) is 24.8 Å². The van der Waals surface area contributed by atoms with Crippen molar-refractivity contribution in [2.24, 2.45) is 18.4 Å². The molecule has 1 unspecified atom stereocenters. The van der Waals surface area contributed by atoms with E-state index in [0.29, 0.717) is 51.4 Å². The van der Waals surface area contributed by atoms with Gasteiger partial charge in [-0.3, -0.25) is 14.6 Å². The van der Waals surface area contributed by atoms with Crippen molar-refractivity contribution in [2.75, 3.05) is 29.9 Å². The monoisotopic (exact) mass is 651 g/mol. The first kappa shape index (κ1) is 31.3. The van der Waals surface area contributed by atoms with Crippen molar-refractivity contribution in [2.45, 2.75) is 45.5 Å². The second kappa shape index (κ2) is 11.8. The maximum Gasteiger partial charge on any atom is 0.416 e. The summed E-state index contributed by atoms with van der Waals surface area (Å²) in [7, 11) is 1.78. The van der Waals surface area contributed by atoms with Gasteiger partial charge in [0, 0.05) is 37.8 Å². The highest BCUT2D eigenvalue weighted by Crippen LogP contribution is 2.53. The summed E-state index contributed by atoms with van der Waals surface area (Å²) in [5, 5.41) is 30.4. The number of halogens is 3. The van der Waals surface area contributed by atoms with Crippen molar-refractivity contribution in [1.29, 1.82) is 10.5 Å². The van der Waals surface area contributed by atoms with E-state index in [1.54, 1.807) is 61.3 Å². The van der Waals surface area contributed by atoms with Gasteiger partial charge in [-0.15, -0.1) is 10.2 Å². The highest BCUT2D eigenvalue weighted by Gasteiger charge is 2.48. The first-order chi connectivity index (χ1) is 23.0. The van der Waals surface area contributed by atoms with E-state index in [9.17, 15) is 28.5 Å². The normalized spacial score (nSPS) is 17.3. The summed E-state index contributed by atoms with van der Waals surface area (Å²) >= 11 is 0. The minimum Gasteiger partial charge on any atom is -0.369 e. The fraction of sp³-hybridized carbons (Fsp3) is 0.371. The Morgan fingerprint density at radius 2 is 1.88 bits per heavy atom. The lowest BCUT2D eigenvalue weighted by Crippen LogP contribution is -2.25. The number of likely N-dealkylation sites (tertiary alicyclic amines) is 1. The topological polar surface area (TPSA) is 127 Å². The number of nitriles is 2. The molecule has 1 spiro atoms. The molecule has 48 heavy (non-hydrogen) atoms. The van der Waals surface area contributed by atoms with Gasteiger partial charge in [-0.25, -0.2) is 4.98 Å². The van der Waals surface area contributed by atoms with Crippen molar-refractivity contribution < 1.29 is 18.0 Å². The number of aryl methyl sites for hydroxylation is 1. The molecule has 1 N–H and O–H groups in total. The molecule has 1 saturated heterocycles. The van der Waals surface area contributed by atoms with Crippen molar-refractivity contribution in [3.63, 3.8) is 0 Å². The standard InChI is InChI=1S/C35H32F3N9O/c1-21(14-39)16-41-30-12-24(26-9-22(15-40)3-4-25(26)32-44-42-20-45(32)2)13-31(43-30)47-18-28-27(33(47)48)10-23(11-29(28)35(36,37)38)17-46-8-7-34(19-46)5-6-34/h3-4,9-13,20-21H,5-8,16-19H2,1-2H3,(H,41,43). The van der Waals surface area contributed by atoms with Crippen LogP contribution in [0.1, 0.15) is 58.8 Å². The van der Waals surface area contributed by atoms with Crippen LogP contribution in [0.15, 0.2) is 48.8 Å². The molecule has 2 aromatic heterocycles. The number of alkyl halides is 3. The quantitative estimate of drug-likeness (QED) is 0.240. The molecule has 7 rings (SSSR count). The third-order valence-corrected chi connectivity index (χ3v) is 9.60. The predicted molar refractivity (Wildman–Crippen MR) is 171 cm³/mol. The zero-order chi connectivity index (χ0) is 33.8. The predicted octanol–water partition coefficient (Wildman–Crippen LogP) is 6.15. The van der Waals surface area contributed by atoms with Crippen LogP contribution in [0.2, 0.25) is 0 Å². The first-order valence-corrected chi connectivity index (χ1v) is 15.8. The Morgan fingerprint density at radius 3 is 2.54 bits per heavy atom. The number of aromatic nitrogens is 4. The van der Waals surface area contributed by atoms with Crippen LogP contribution in [0.5, 0.6) is 0 Å². The zero-order valence-electron chi connectivity index (χ0n) is 26.5. The molecule has 13 heteroatoms. The third-order valence-electron chi connectivity index (χ3n) is 9.60. The lowest BCUT2D eigenvalue weighted by Gasteiger charge is -2.19. The second-order valence-corrected chi connectivity index (χ2v) is 13.2. The number of amides is 1. The van der Waals surface area contributed by atoms with Crippen LogP contribution in [0, 0.1) is 34.0 Å². The molecule has 0 bridgehead atoms. The third kappa shape index (κ3) is 5.86. The molecule has 1 aliphatic carbocycles.